The van der Waals surface area contributed by atoms with Gasteiger partial charge < -0.3 is 5.32 Å². The number of nitrogens with zero attached hydrogens (tertiary/aromatic N) is 2. The van der Waals surface area contributed by atoms with E-state index in [1.54, 1.807) is 0 Å². The van der Waals surface area contributed by atoms with Crippen LogP contribution in [0.5, 0.6) is 0 Å². The lowest BCUT2D eigenvalue weighted by atomic mass is 10.3. The molecule has 84 valence electrons. The maximum atomic E-state index is 11.3. The van der Waals surface area contributed by atoms with Crippen LogP contribution in [0.1, 0.15) is 44.0 Å². The minimum atomic E-state index is -0.103. The molecule has 1 aromatic rings. The highest BCUT2D eigenvalue weighted by atomic mass is 16.1. The zero-order chi connectivity index (χ0) is 11.5. The summed E-state index contributed by atoms with van der Waals surface area (Å²) in [4.78, 5) is 18.9. The number of amides is 1. The maximum absolute atomic E-state index is 11.3. The third-order valence-corrected chi connectivity index (χ3v) is 1.64. The first-order valence-electron chi connectivity index (χ1n) is 5.37. The summed E-state index contributed by atoms with van der Waals surface area (Å²) in [6.45, 7) is 6.79. The van der Waals surface area contributed by atoms with Gasteiger partial charge in [-0.15, -0.1) is 0 Å². The van der Waals surface area contributed by atoms with E-state index in [4.69, 9.17) is 0 Å². The van der Waals surface area contributed by atoms with Gasteiger partial charge in [-0.1, -0.05) is 27.2 Å². The third-order valence-electron chi connectivity index (χ3n) is 1.64. The van der Waals surface area contributed by atoms with Gasteiger partial charge in [-0.2, -0.15) is 0 Å². The minimum absolute atomic E-state index is 0.103. The molecule has 0 saturated heterocycles. The van der Waals surface area contributed by atoms with Crippen molar-refractivity contribution in [2.24, 2.45) is 0 Å². The van der Waals surface area contributed by atoms with Crippen molar-refractivity contribution in [1.29, 1.82) is 0 Å². The molecule has 0 aliphatic heterocycles. The second-order valence-electron chi connectivity index (χ2n) is 2.74. The highest BCUT2D eigenvalue weighted by Crippen LogP contribution is 1.92. The highest BCUT2D eigenvalue weighted by molar-refractivity contribution is 5.93. The third kappa shape index (κ3) is 5.78. The Morgan fingerprint density at radius 2 is 1.93 bits per heavy atom. The van der Waals surface area contributed by atoms with Gasteiger partial charge in [0, 0.05) is 18.9 Å². The van der Waals surface area contributed by atoms with Crippen LogP contribution >= 0.6 is 0 Å². The van der Waals surface area contributed by atoms with E-state index in [0.717, 1.165) is 12.8 Å². The molecule has 0 saturated carbocycles. The molecule has 1 heterocycles. The monoisotopic (exact) mass is 209 g/mol. The lowest BCUT2D eigenvalue weighted by Gasteiger charge is -2.02. The topological polar surface area (TPSA) is 54.9 Å². The number of aromatic nitrogens is 2. The molecule has 1 aromatic heterocycles. The second kappa shape index (κ2) is 9.12. The second-order valence-corrected chi connectivity index (χ2v) is 2.74. The van der Waals surface area contributed by atoms with Crippen molar-refractivity contribution in [2.45, 2.75) is 33.6 Å². The van der Waals surface area contributed by atoms with E-state index in [0.29, 0.717) is 12.1 Å². The number of rotatable bonds is 4. The smallest absolute Gasteiger partial charge is 0.254 e. The van der Waals surface area contributed by atoms with Crippen molar-refractivity contribution < 1.29 is 4.79 Å². The van der Waals surface area contributed by atoms with Gasteiger partial charge in [0.15, 0.2) is 0 Å². The number of carbonyl (C=O) groups is 1. The largest absolute Gasteiger partial charge is 0.352 e. The van der Waals surface area contributed by atoms with Gasteiger partial charge in [-0.05, 0) is 6.42 Å². The van der Waals surface area contributed by atoms with Crippen LogP contribution in [-0.4, -0.2) is 22.4 Å². The molecule has 0 aliphatic carbocycles. The van der Waals surface area contributed by atoms with E-state index >= 15 is 0 Å². The average molecular weight is 209 g/mol. The Labute approximate surface area is 91.1 Å². The van der Waals surface area contributed by atoms with Gasteiger partial charge in [-0.25, -0.2) is 9.97 Å². The SMILES string of the molecule is CC.CCCCNC(=O)c1cncnc1. The Balaban J connectivity index is 0.000000921. The molecule has 0 aliphatic rings. The summed E-state index contributed by atoms with van der Waals surface area (Å²) in [5.74, 6) is -0.103. The van der Waals surface area contributed by atoms with E-state index in [2.05, 4.69) is 22.2 Å². The first-order valence-corrected chi connectivity index (χ1v) is 5.37. The lowest BCUT2D eigenvalue weighted by molar-refractivity contribution is 0.0952. The summed E-state index contributed by atoms with van der Waals surface area (Å²) in [6, 6.07) is 0. The standard InChI is InChI=1S/C9H13N3O.C2H6/c1-2-3-4-12-9(13)8-5-10-7-11-6-8;1-2/h5-7H,2-4H2,1H3,(H,12,13);1-2H3. The van der Waals surface area contributed by atoms with Crippen molar-refractivity contribution in [1.82, 2.24) is 15.3 Å². The summed E-state index contributed by atoms with van der Waals surface area (Å²) >= 11 is 0. The number of hydrogen-bond donors (Lipinski definition) is 1. The fourth-order valence-electron chi connectivity index (χ4n) is 0.897. The number of nitrogens with one attached hydrogen (secondary N) is 1. The predicted molar refractivity (Wildman–Crippen MR) is 60.6 cm³/mol. The number of carbonyl (C=O) groups excluding carboxylic acids is 1. The van der Waals surface area contributed by atoms with Gasteiger partial charge in [0.1, 0.15) is 6.33 Å². The van der Waals surface area contributed by atoms with Crippen LogP contribution in [0.25, 0.3) is 0 Å². The van der Waals surface area contributed by atoms with Crippen LogP contribution in [0.2, 0.25) is 0 Å². The molecular weight excluding hydrogens is 190 g/mol. The Kier molecular flexibility index (Phi) is 8.24. The molecule has 4 heteroatoms. The van der Waals surface area contributed by atoms with Gasteiger partial charge in [0.05, 0.1) is 5.56 Å². The molecule has 1 amide bonds. The van der Waals surface area contributed by atoms with Crippen molar-refractivity contribution in [3.63, 3.8) is 0 Å². The van der Waals surface area contributed by atoms with Gasteiger partial charge >= 0.3 is 0 Å². The zero-order valence-corrected chi connectivity index (χ0v) is 9.66. The van der Waals surface area contributed by atoms with Crippen molar-refractivity contribution in [2.75, 3.05) is 6.54 Å². The van der Waals surface area contributed by atoms with Crippen LogP contribution in [0.15, 0.2) is 18.7 Å². The molecule has 0 unspecified atom stereocenters. The van der Waals surface area contributed by atoms with Crippen LogP contribution in [-0.2, 0) is 0 Å². The van der Waals surface area contributed by atoms with Crippen molar-refractivity contribution in [3.8, 4) is 0 Å². The lowest BCUT2D eigenvalue weighted by Crippen LogP contribution is -2.24. The molecular formula is C11H19N3O. The zero-order valence-electron chi connectivity index (χ0n) is 9.66. The Hall–Kier alpha value is -1.45. The Morgan fingerprint density at radius 1 is 1.33 bits per heavy atom. The molecule has 0 bridgehead atoms. The van der Waals surface area contributed by atoms with E-state index in [-0.39, 0.29) is 5.91 Å². The summed E-state index contributed by atoms with van der Waals surface area (Å²) in [7, 11) is 0. The van der Waals surface area contributed by atoms with Crippen molar-refractivity contribution >= 4 is 5.91 Å². The van der Waals surface area contributed by atoms with E-state index in [1.165, 1.54) is 18.7 Å². The number of hydrogen-bond acceptors (Lipinski definition) is 3. The molecule has 1 N–H and O–H groups in total. The minimum Gasteiger partial charge on any atom is -0.352 e. The van der Waals surface area contributed by atoms with Crippen LogP contribution in [0.3, 0.4) is 0 Å². The average Bonchev–Trinajstić information content (AvgIpc) is 2.33. The van der Waals surface area contributed by atoms with Gasteiger partial charge in [0.25, 0.3) is 5.91 Å². The first-order chi connectivity index (χ1) is 7.34. The normalized spacial score (nSPS) is 8.73. The molecule has 1 rings (SSSR count). The van der Waals surface area contributed by atoms with Gasteiger partial charge in [-0.3, -0.25) is 4.79 Å². The van der Waals surface area contributed by atoms with Crippen LogP contribution < -0.4 is 5.32 Å². The van der Waals surface area contributed by atoms with Gasteiger partial charge in [0.2, 0.25) is 0 Å². The maximum Gasteiger partial charge on any atom is 0.254 e. The molecule has 0 spiro atoms. The molecule has 0 atom stereocenters. The quantitative estimate of drug-likeness (QED) is 0.772. The van der Waals surface area contributed by atoms with Crippen molar-refractivity contribution in [3.05, 3.63) is 24.3 Å². The summed E-state index contributed by atoms with van der Waals surface area (Å²) in [5, 5.41) is 2.78. The highest BCUT2D eigenvalue weighted by Gasteiger charge is 2.03. The molecule has 0 fully saturated rings. The fourth-order valence-corrected chi connectivity index (χ4v) is 0.897. The summed E-state index contributed by atoms with van der Waals surface area (Å²) in [6.07, 6.45) is 6.50. The fraction of sp³-hybridized carbons (Fsp3) is 0.545. The van der Waals surface area contributed by atoms with E-state index in [1.807, 2.05) is 13.8 Å². The molecule has 4 nitrogen and oxygen atoms in total. The molecule has 0 aromatic carbocycles. The van der Waals surface area contributed by atoms with E-state index in [9.17, 15) is 4.79 Å². The number of unbranched alkanes of at least 4 members (excludes halogenated alkanes) is 1. The Morgan fingerprint density at radius 3 is 2.47 bits per heavy atom. The summed E-state index contributed by atoms with van der Waals surface area (Å²) < 4.78 is 0. The Bertz CT molecular complexity index is 262. The van der Waals surface area contributed by atoms with Crippen LogP contribution in [0.4, 0.5) is 0 Å². The molecule has 15 heavy (non-hydrogen) atoms. The first kappa shape index (κ1) is 13.5. The van der Waals surface area contributed by atoms with Crippen LogP contribution in [0, 0.1) is 0 Å². The van der Waals surface area contributed by atoms with E-state index < -0.39 is 0 Å². The predicted octanol–water partition coefficient (Wildman–Crippen LogP) is 2.03. The summed E-state index contributed by atoms with van der Waals surface area (Å²) in [5.41, 5.74) is 0.513. The molecule has 0 radical (unpaired) electrons.